The molecular weight excluding hydrogens is 572 g/mol. The van der Waals surface area contributed by atoms with Crippen LogP contribution in [-0.2, 0) is 5.41 Å². The van der Waals surface area contributed by atoms with Gasteiger partial charge in [0.25, 0.3) is 0 Å². The Labute approximate surface area is 274 Å². The number of hydrogen-bond donors (Lipinski definition) is 0. The third-order valence-electron chi connectivity index (χ3n) is 9.71. The molecule has 0 atom stereocenters. The van der Waals surface area contributed by atoms with Gasteiger partial charge in [-0.15, -0.1) is 0 Å². The molecule has 0 saturated carbocycles. The maximum Gasteiger partial charge on any atom is 0.227 e. The van der Waals surface area contributed by atoms with E-state index in [0.29, 0.717) is 5.89 Å². The highest BCUT2D eigenvalue weighted by atomic mass is 16.3. The highest BCUT2D eigenvalue weighted by Crippen LogP contribution is 2.51. The van der Waals surface area contributed by atoms with Gasteiger partial charge < -0.3 is 9.32 Å². The van der Waals surface area contributed by atoms with Gasteiger partial charge in [-0.25, -0.2) is 4.98 Å². The summed E-state index contributed by atoms with van der Waals surface area (Å²) in [6.07, 6.45) is 0. The summed E-state index contributed by atoms with van der Waals surface area (Å²) in [5.41, 5.74) is 13.5. The summed E-state index contributed by atoms with van der Waals surface area (Å²) in [5, 5.41) is 2.14. The summed E-state index contributed by atoms with van der Waals surface area (Å²) in [6, 6.07) is 56.0. The molecule has 1 aliphatic carbocycles. The lowest BCUT2D eigenvalue weighted by Crippen LogP contribution is -2.16. The molecule has 0 bridgehead atoms. The zero-order valence-corrected chi connectivity index (χ0v) is 26.3. The van der Waals surface area contributed by atoms with Crippen molar-refractivity contribution in [3.05, 3.63) is 169 Å². The summed E-state index contributed by atoms with van der Waals surface area (Å²) < 4.78 is 6.47. The molecule has 1 aliphatic rings. The maximum absolute atomic E-state index is 6.47. The van der Waals surface area contributed by atoms with Crippen LogP contribution in [0, 0.1) is 0 Å². The first-order valence-electron chi connectivity index (χ1n) is 16.1. The summed E-state index contributed by atoms with van der Waals surface area (Å²) in [4.78, 5) is 7.24. The first kappa shape index (κ1) is 27.4. The summed E-state index contributed by atoms with van der Waals surface area (Å²) in [5.74, 6) is 0.632. The van der Waals surface area contributed by atoms with Gasteiger partial charge >= 0.3 is 0 Å². The average Bonchev–Trinajstić information content (AvgIpc) is 3.67. The van der Waals surface area contributed by atoms with Crippen molar-refractivity contribution in [1.29, 1.82) is 0 Å². The number of fused-ring (bicyclic) bond motifs is 6. The minimum absolute atomic E-state index is 0.108. The van der Waals surface area contributed by atoms with Gasteiger partial charge in [0.1, 0.15) is 5.52 Å². The number of oxazole rings is 1. The molecule has 0 amide bonds. The Morgan fingerprint density at radius 2 is 1.17 bits per heavy atom. The maximum atomic E-state index is 6.47. The summed E-state index contributed by atoms with van der Waals surface area (Å²) in [6.45, 7) is 4.67. The second-order valence-corrected chi connectivity index (χ2v) is 12.8. The average molecular weight is 605 g/mol. The number of rotatable bonds is 5. The van der Waals surface area contributed by atoms with Crippen LogP contribution in [0.5, 0.6) is 0 Å². The Hall–Kier alpha value is -5.93. The Balaban J connectivity index is 1.24. The normalized spacial score (nSPS) is 13.1. The molecule has 8 aromatic rings. The molecule has 9 rings (SSSR count). The summed E-state index contributed by atoms with van der Waals surface area (Å²) in [7, 11) is 0. The smallest absolute Gasteiger partial charge is 0.227 e. The van der Waals surface area contributed by atoms with E-state index in [1.807, 2.05) is 30.3 Å². The van der Waals surface area contributed by atoms with Crippen molar-refractivity contribution in [1.82, 2.24) is 4.98 Å². The molecule has 0 radical (unpaired) electrons. The largest absolute Gasteiger partial charge is 0.435 e. The molecule has 0 aliphatic heterocycles. The number of anilines is 3. The topological polar surface area (TPSA) is 29.3 Å². The van der Waals surface area contributed by atoms with Crippen LogP contribution in [0.2, 0.25) is 0 Å². The van der Waals surface area contributed by atoms with Crippen LogP contribution in [0.1, 0.15) is 25.0 Å². The van der Waals surface area contributed by atoms with E-state index in [-0.39, 0.29) is 5.41 Å². The second kappa shape index (κ2) is 10.6. The van der Waals surface area contributed by atoms with E-state index in [4.69, 9.17) is 9.40 Å². The van der Waals surface area contributed by atoms with Crippen molar-refractivity contribution in [3.8, 4) is 33.7 Å². The molecule has 1 heterocycles. The number of aromatic nitrogens is 1. The molecule has 3 nitrogen and oxygen atoms in total. The fraction of sp³-hybridized carbons (Fsp3) is 0.0682. The van der Waals surface area contributed by atoms with Crippen molar-refractivity contribution in [2.75, 3.05) is 4.90 Å². The van der Waals surface area contributed by atoms with Crippen molar-refractivity contribution in [2.45, 2.75) is 19.3 Å². The molecule has 0 N–H and O–H groups in total. The van der Waals surface area contributed by atoms with Crippen LogP contribution < -0.4 is 4.90 Å². The predicted octanol–water partition coefficient (Wildman–Crippen LogP) is 12.1. The Kier molecular flexibility index (Phi) is 6.16. The van der Waals surface area contributed by atoms with Gasteiger partial charge in [0.2, 0.25) is 5.89 Å². The quantitative estimate of drug-likeness (QED) is 0.196. The number of hydrogen-bond acceptors (Lipinski definition) is 3. The van der Waals surface area contributed by atoms with E-state index in [0.717, 1.165) is 44.5 Å². The van der Waals surface area contributed by atoms with E-state index in [1.54, 1.807) is 0 Å². The molecule has 1 aromatic heterocycles. The molecule has 47 heavy (non-hydrogen) atoms. The lowest BCUT2D eigenvalue weighted by atomic mass is 9.82. The molecule has 0 spiro atoms. The Morgan fingerprint density at radius 1 is 0.511 bits per heavy atom. The van der Waals surface area contributed by atoms with Crippen LogP contribution in [0.15, 0.2) is 162 Å². The van der Waals surface area contributed by atoms with Crippen molar-refractivity contribution in [3.63, 3.8) is 0 Å². The minimum atomic E-state index is -0.108. The van der Waals surface area contributed by atoms with Crippen LogP contribution in [0.4, 0.5) is 17.1 Å². The zero-order chi connectivity index (χ0) is 31.5. The number of benzene rings is 7. The predicted molar refractivity (Wildman–Crippen MR) is 195 cm³/mol. The van der Waals surface area contributed by atoms with Gasteiger partial charge in [0, 0.05) is 33.1 Å². The van der Waals surface area contributed by atoms with Gasteiger partial charge in [-0.05, 0) is 88.0 Å². The van der Waals surface area contributed by atoms with Gasteiger partial charge in [0.05, 0.1) is 5.69 Å². The standard InChI is InChI=1S/C44H32N2O/c1-44(2)38-18-10-9-16-34(38)35-25-24-33(28-39(35)44)46(32-22-20-30(21-23-32)29-12-5-3-6-13-29)41-19-11-17-37-36(41)26-27-40-42(37)47-43(45-40)31-14-7-4-8-15-31/h3-28H,1-2H3. The monoisotopic (exact) mass is 604 g/mol. The van der Waals surface area contributed by atoms with Crippen molar-refractivity contribution in [2.24, 2.45) is 0 Å². The highest BCUT2D eigenvalue weighted by Gasteiger charge is 2.35. The van der Waals surface area contributed by atoms with Gasteiger partial charge in [-0.3, -0.25) is 0 Å². The molecule has 7 aromatic carbocycles. The van der Waals surface area contributed by atoms with Crippen LogP contribution >= 0.6 is 0 Å². The molecule has 224 valence electrons. The molecule has 0 fully saturated rings. The fourth-order valence-electron chi connectivity index (χ4n) is 7.32. The number of nitrogens with zero attached hydrogens (tertiary/aromatic N) is 2. The molecule has 0 unspecified atom stereocenters. The molecule has 3 heteroatoms. The van der Waals surface area contributed by atoms with Crippen LogP contribution in [0.25, 0.3) is 55.6 Å². The molecular formula is C44H32N2O. The highest BCUT2D eigenvalue weighted by molar-refractivity contribution is 6.10. The first-order chi connectivity index (χ1) is 23.1. The van der Waals surface area contributed by atoms with E-state index in [9.17, 15) is 0 Å². The van der Waals surface area contributed by atoms with E-state index in [1.165, 1.54) is 33.4 Å². The first-order valence-corrected chi connectivity index (χ1v) is 16.1. The SMILES string of the molecule is CC1(C)c2ccccc2-c2ccc(N(c3ccc(-c4ccccc4)cc3)c3cccc4c3ccc3nc(-c5ccccc5)oc34)cc21. The van der Waals surface area contributed by atoms with Crippen molar-refractivity contribution < 1.29 is 4.42 Å². The van der Waals surface area contributed by atoms with Gasteiger partial charge in [-0.2, -0.15) is 0 Å². The Bertz CT molecular complexity index is 2420. The Morgan fingerprint density at radius 3 is 1.96 bits per heavy atom. The van der Waals surface area contributed by atoms with Gasteiger partial charge in [-0.1, -0.05) is 117 Å². The second-order valence-electron chi connectivity index (χ2n) is 12.8. The van der Waals surface area contributed by atoms with Crippen molar-refractivity contribution >= 4 is 38.9 Å². The minimum Gasteiger partial charge on any atom is -0.435 e. The van der Waals surface area contributed by atoms with Crippen LogP contribution in [-0.4, -0.2) is 4.98 Å². The zero-order valence-electron chi connectivity index (χ0n) is 26.3. The van der Waals surface area contributed by atoms with Crippen LogP contribution in [0.3, 0.4) is 0 Å². The van der Waals surface area contributed by atoms with E-state index >= 15 is 0 Å². The van der Waals surface area contributed by atoms with E-state index < -0.39 is 0 Å². The lowest BCUT2D eigenvalue weighted by molar-refractivity contribution is 0.623. The molecule has 0 saturated heterocycles. The van der Waals surface area contributed by atoms with E-state index in [2.05, 4.69) is 146 Å². The fourth-order valence-corrected chi connectivity index (χ4v) is 7.32. The lowest BCUT2D eigenvalue weighted by Gasteiger charge is -2.29. The third kappa shape index (κ3) is 4.39. The van der Waals surface area contributed by atoms with Gasteiger partial charge in [0.15, 0.2) is 5.58 Å². The summed E-state index contributed by atoms with van der Waals surface area (Å²) >= 11 is 0. The third-order valence-corrected chi connectivity index (χ3v) is 9.71.